The molecule has 2 heterocycles. The van der Waals surface area contributed by atoms with E-state index in [0.717, 1.165) is 33.4 Å². The Bertz CT molecular complexity index is 827. The van der Waals surface area contributed by atoms with Gasteiger partial charge in [-0.15, -0.1) is 0 Å². The maximum atomic E-state index is 4.94. The highest BCUT2D eigenvalue weighted by Gasteiger charge is 1.97. The summed E-state index contributed by atoms with van der Waals surface area (Å²) in [4.78, 5) is 7.15. The molecule has 0 aliphatic heterocycles. The van der Waals surface area contributed by atoms with Crippen LogP contribution in [-0.4, -0.2) is 50.4 Å². The Morgan fingerprint density at radius 3 is 2.22 bits per heavy atom. The van der Waals surface area contributed by atoms with Crippen molar-refractivity contribution in [1.29, 1.82) is 0 Å². The molecule has 146 valence electrons. The van der Waals surface area contributed by atoms with Crippen LogP contribution in [0.2, 0.25) is 0 Å². The Kier molecular flexibility index (Phi) is 9.98. The fourth-order valence-electron chi connectivity index (χ4n) is 2.12. The van der Waals surface area contributed by atoms with Crippen molar-refractivity contribution in [3.05, 3.63) is 48.9 Å². The van der Waals surface area contributed by atoms with Gasteiger partial charge in [0, 0.05) is 30.9 Å². The number of nitrogens with two attached hydrogens (primary N) is 1. The second-order valence-electron chi connectivity index (χ2n) is 5.21. The van der Waals surface area contributed by atoms with Gasteiger partial charge in [-0.3, -0.25) is 0 Å². The average Bonchev–Trinajstić information content (AvgIpc) is 3.38. The molecule has 4 rings (SSSR count). The molecule has 8 heteroatoms. The zero-order valence-electron chi connectivity index (χ0n) is 16.5. The number of hydrogen-bond acceptors (Lipinski definition) is 7. The van der Waals surface area contributed by atoms with Crippen molar-refractivity contribution in [3.8, 4) is 0 Å². The standard InChI is InChI=1S/C8H9N3.C8H8N2O.C2H7N.CH5N/c1-9-6-2-3-7-8(4-6)11-5-10-7;1-9-7-2-3-8-6(4-7)5-10-11-8;1-3-2;1-2/h2-5,9H,1H3,(H,10,11);2-5,9H,1H3;3H,1-2H3;2H2,1H3. The molecular formula is C19H29N7O. The van der Waals surface area contributed by atoms with Crippen molar-refractivity contribution in [3.63, 3.8) is 0 Å². The fourth-order valence-corrected chi connectivity index (χ4v) is 2.12. The van der Waals surface area contributed by atoms with E-state index < -0.39 is 0 Å². The molecule has 6 N–H and O–H groups in total. The van der Waals surface area contributed by atoms with E-state index >= 15 is 0 Å². The number of aromatic nitrogens is 3. The average molecular weight is 371 g/mol. The molecule has 0 aliphatic rings. The van der Waals surface area contributed by atoms with Crippen molar-refractivity contribution >= 4 is 33.4 Å². The molecule has 2 aromatic heterocycles. The third-order valence-corrected chi connectivity index (χ3v) is 3.35. The van der Waals surface area contributed by atoms with E-state index in [4.69, 9.17) is 4.52 Å². The van der Waals surface area contributed by atoms with Crippen LogP contribution < -0.4 is 21.7 Å². The van der Waals surface area contributed by atoms with Gasteiger partial charge in [0.25, 0.3) is 0 Å². The summed E-state index contributed by atoms with van der Waals surface area (Å²) in [6, 6.07) is 11.9. The molecule has 0 fully saturated rings. The number of benzene rings is 2. The summed E-state index contributed by atoms with van der Waals surface area (Å²) in [5, 5.41) is 13.5. The van der Waals surface area contributed by atoms with Gasteiger partial charge >= 0.3 is 0 Å². The van der Waals surface area contributed by atoms with E-state index in [1.807, 2.05) is 64.6 Å². The molecule has 0 aliphatic carbocycles. The van der Waals surface area contributed by atoms with Gasteiger partial charge in [0.15, 0.2) is 5.58 Å². The summed E-state index contributed by atoms with van der Waals surface area (Å²) in [5.74, 6) is 0. The number of imidazole rings is 1. The minimum atomic E-state index is 0.823. The second kappa shape index (κ2) is 12.3. The molecule has 0 bridgehead atoms. The number of rotatable bonds is 2. The Hall–Kier alpha value is -3.10. The van der Waals surface area contributed by atoms with Crippen LogP contribution in [0.25, 0.3) is 22.0 Å². The summed E-state index contributed by atoms with van der Waals surface area (Å²) in [7, 11) is 9.03. The first kappa shape index (κ1) is 21.9. The Morgan fingerprint density at radius 2 is 1.56 bits per heavy atom. The third kappa shape index (κ3) is 6.61. The van der Waals surface area contributed by atoms with Gasteiger partial charge in [-0.05, 0) is 57.5 Å². The first-order valence-corrected chi connectivity index (χ1v) is 8.51. The number of hydrogen-bond donors (Lipinski definition) is 5. The largest absolute Gasteiger partial charge is 0.388 e. The lowest BCUT2D eigenvalue weighted by Gasteiger charge is -1.97. The highest BCUT2D eigenvalue weighted by molar-refractivity contribution is 5.80. The number of nitrogens with one attached hydrogen (secondary N) is 4. The number of fused-ring (bicyclic) bond motifs is 2. The van der Waals surface area contributed by atoms with E-state index in [2.05, 4.69) is 36.8 Å². The number of H-pyrrole nitrogens is 1. The van der Waals surface area contributed by atoms with Gasteiger partial charge in [0.2, 0.25) is 0 Å². The molecule has 0 spiro atoms. The van der Waals surface area contributed by atoms with E-state index in [1.165, 1.54) is 7.05 Å². The van der Waals surface area contributed by atoms with Crippen molar-refractivity contribution < 1.29 is 4.52 Å². The smallest absolute Gasteiger partial charge is 0.166 e. The summed E-state index contributed by atoms with van der Waals surface area (Å²) >= 11 is 0. The van der Waals surface area contributed by atoms with Crippen LogP contribution in [0, 0.1) is 0 Å². The molecule has 0 saturated carbocycles. The van der Waals surface area contributed by atoms with Crippen LogP contribution in [0.4, 0.5) is 11.4 Å². The monoisotopic (exact) mass is 371 g/mol. The Labute approximate surface area is 159 Å². The van der Waals surface area contributed by atoms with Gasteiger partial charge in [-0.25, -0.2) is 4.98 Å². The lowest BCUT2D eigenvalue weighted by Crippen LogP contribution is -1.89. The van der Waals surface area contributed by atoms with Crippen LogP contribution in [0.3, 0.4) is 0 Å². The first-order valence-electron chi connectivity index (χ1n) is 8.51. The Balaban J connectivity index is 0.000000219. The van der Waals surface area contributed by atoms with E-state index in [0.29, 0.717) is 0 Å². The molecule has 0 unspecified atom stereocenters. The van der Waals surface area contributed by atoms with Gasteiger partial charge < -0.3 is 31.2 Å². The fraction of sp³-hybridized carbons (Fsp3) is 0.263. The molecule has 0 radical (unpaired) electrons. The molecule has 2 aromatic carbocycles. The van der Waals surface area contributed by atoms with Gasteiger partial charge in [-0.1, -0.05) is 5.16 Å². The predicted molar refractivity (Wildman–Crippen MR) is 114 cm³/mol. The van der Waals surface area contributed by atoms with Gasteiger partial charge in [-0.2, -0.15) is 0 Å². The third-order valence-electron chi connectivity index (χ3n) is 3.35. The quantitative estimate of drug-likeness (QED) is 0.368. The molecule has 0 saturated heterocycles. The zero-order chi connectivity index (χ0) is 20.1. The van der Waals surface area contributed by atoms with Crippen LogP contribution in [0.15, 0.2) is 53.4 Å². The maximum Gasteiger partial charge on any atom is 0.166 e. The van der Waals surface area contributed by atoms with Crippen LogP contribution in [0.5, 0.6) is 0 Å². The summed E-state index contributed by atoms with van der Waals surface area (Å²) in [5.41, 5.74) is 9.56. The highest BCUT2D eigenvalue weighted by Crippen LogP contribution is 2.17. The molecule has 4 aromatic rings. The van der Waals surface area contributed by atoms with Gasteiger partial charge in [0.1, 0.15) is 0 Å². The topological polar surface area (TPSA) is 117 Å². The number of aromatic amines is 1. The van der Waals surface area contributed by atoms with E-state index in [-0.39, 0.29) is 0 Å². The van der Waals surface area contributed by atoms with Crippen molar-refractivity contribution in [2.24, 2.45) is 5.73 Å². The number of nitrogens with zero attached hydrogens (tertiary/aromatic N) is 2. The van der Waals surface area contributed by atoms with Crippen molar-refractivity contribution in [1.82, 2.24) is 20.4 Å². The summed E-state index contributed by atoms with van der Waals surface area (Å²) in [6.07, 6.45) is 3.40. The van der Waals surface area contributed by atoms with Crippen molar-refractivity contribution in [2.45, 2.75) is 0 Å². The highest BCUT2D eigenvalue weighted by atomic mass is 16.5. The lowest BCUT2D eigenvalue weighted by molar-refractivity contribution is 0.456. The minimum absolute atomic E-state index is 0.823. The van der Waals surface area contributed by atoms with E-state index in [1.54, 1.807) is 12.5 Å². The van der Waals surface area contributed by atoms with Crippen LogP contribution in [-0.2, 0) is 0 Å². The van der Waals surface area contributed by atoms with Gasteiger partial charge in [0.05, 0.1) is 23.6 Å². The van der Waals surface area contributed by atoms with E-state index in [9.17, 15) is 0 Å². The normalized spacial score (nSPS) is 9.26. The maximum absolute atomic E-state index is 4.94. The van der Waals surface area contributed by atoms with Crippen LogP contribution >= 0.6 is 0 Å². The lowest BCUT2D eigenvalue weighted by atomic mass is 10.2. The summed E-state index contributed by atoms with van der Waals surface area (Å²) < 4.78 is 4.94. The second-order valence-corrected chi connectivity index (χ2v) is 5.21. The predicted octanol–water partition coefficient (Wildman–Crippen LogP) is 2.88. The Morgan fingerprint density at radius 1 is 0.926 bits per heavy atom. The number of anilines is 2. The molecule has 0 amide bonds. The molecule has 0 atom stereocenters. The molecule has 8 nitrogen and oxygen atoms in total. The molecular weight excluding hydrogens is 342 g/mol. The molecule has 27 heavy (non-hydrogen) atoms. The minimum Gasteiger partial charge on any atom is -0.388 e. The first-order chi connectivity index (χ1) is 13.2. The van der Waals surface area contributed by atoms with Crippen LogP contribution in [0.1, 0.15) is 0 Å². The zero-order valence-corrected chi connectivity index (χ0v) is 16.5. The SMILES string of the molecule is CN.CNC.CNc1ccc2nc[nH]c2c1.CNc1ccc2oncc2c1. The van der Waals surface area contributed by atoms with Crippen molar-refractivity contribution in [2.75, 3.05) is 45.9 Å². The summed E-state index contributed by atoms with van der Waals surface area (Å²) in [6.45, 7) is 0.